The quantitative estimate of drug-likeness (QED) is 0.530. The molecule has 0 bridgehead atoms. The van der Waals surface area contributed by atoms with Crippen LogP contribution in [0.1, 0.15) is 5.56 Å². The van der Waals surface area contributed by atoms with Gasteiger partial charge in [0, 0.05) is 10.8 Å². The number of hydrogen-bond donors (Lipinski definition) is 1. The summed E-state index contributed by atoms with van der Waals surface area (Å²) in [6.07, 6.45) is 3.89. The summed E-state index contributed by atoms with van der Waals surface area (Å²) in [5, 5.41) is 0. The number of hydrogen-bond acceptors (Lipinski definition) is 1. The van der Waals surface area contributed by atoms with E-state index < -0.39 is 0 Å². The molecule has 0 fully saturated rings. The zero-order valence-electron chi connectivity index (χ0n) is 6.00. The van der Waals surface area contributed by atoms with Gasteiger partial charge < -0.3 is 0 Å². The van der Waals surface area contributed by atoms with Crippen molar-refractivity contribution in [2.24, 2.45) is 0 Å². The van der Waals surface area contributed by atoms with Crippen molar-refractivity contribution in [1.82, 2.24) is 0 Å². The third-order valence-electron chi connectivity index (χ3n) is 1.27. The first kappa shape index (κ1) is 8.69. The topological polar surface area (TPSA) is 0 Å². The van der Waals surface area contributed by atoms with Gasteiger partial charge in [0.05, 0.1) is 0 Å². The predicted octanol–water partition coefficient (Wildman–Crippen LogP) is 3.23. The molecule has 1 aromatic carbocycles. The Hall–Kier alpha value is -0.400. The van der Waals surface area contributed by atoms with Crippen LogP contribution in [0.2, 0.25) is 0 Å². The Bertz CT molecular complexity index is 255. The summed E-state index contributed by atoms with van der Waals surface area (Å²) < 4.78 is 0. The van der Waals surface area contributed by atoms with Gasteiger partial charge in [-0.05, 0) is 17.7 Å². The van der Waals surface area contributed by atoms with Gasteiger partial charge >= 0.3 is 0 Å². The number of rotatable bonds is 2. The molecule has 0 aromatic heterocycles. The van der Waals surface area contributed by atoms with E-state index in [4.69, 9.17) is 11.6 Å². The molecule has 11 heavy (non-hydrogen) atoms. The minimum Gasteiger partial charge on any atom is -0.143 e. The standard InChI is InChI=1S/C9H9ClS/c10-6-2-4-8-3-1-5-9(11)7-8/h1-5,7,11H,6H2. The molecule has 0 nitrogen and oxygen atoms in total. The molecule has 1 rings (SSSR count). The van der Waals surface area contributed by atoms with Crippen LogP contribution in [0.5, 0.6) is 0 Å². The van der Waals surface area contributed by atoms with Crippen molar-refractivity contribution >= 4 is 30.3 Å². The van der Waals surface area contributed by atoms with Crippen LogP contribution in [-0.4, -0.2) is 5.88 Å². The zero-order valence-corrected chi connectivity index (χ0v) is 7.65. The van der Waals surface area contributed by atoms with Crippen LogP contribution in [0.15, 0.2) is 35.2 Å². The van der Waals surface area contributed by atoms with Gasteiger partial charge in [0.15, 0.2) is 0 Å². The lowest BCUT2D eigenvalue weighted by molar-refractivity contribution is 1.46. The maximum Gasteiger partial charge on any atom is 0.0407 e. The fourth-order valence-electron chi connectivity index (χ4n) is 0.809. The molecule has 0 heterocycles. The second kappa shape index (κ2) is 4.47. The average Bonchev–Trinajstić information content (AvgIpc) is 2.01. The summed E-state index contributed by atoms with van der Waals surface area (Å²) in [6, 6.07) is 7.92. The lowest BCUT2D eigenvalue weighted by Gasteiger charge is -1.93. The van der Waals surface area contributed by atoms with E-state index in [1.165, 1.54) is 0 Å². The number of allylic oxidation sites excluding steroid dienone is 1. The van der Waals surface area contributed by atoms with Gasteiger partial charge in [-0.15, -0.1) is 24.2 Å². The van der Waals surface area contributed by atoms with Gasteiger partial charge in [-0.3, -0.25) is 0 Å². The molecule has 0 aliphatic rings. The van der Waals surface area contributed by atoms with E-state index in [0.29, 0.717) is 5.88 Å². The first-order chi connectivity index (χ1) is 5.33. The number of alkyl halides is 1. The predicted molar refractivity (Wildman–Crippen MR) is 53.4 cm³/mol. The molecule has 2 heteroatoms. The highest BCUT2D eigenvalue weighted by molar-refractivity contribution is 7.80. The Morgan fingerprint density at radius 3 is 2.91 bits per heavy atom. The second-order valence-electron chi connectivity index (χ2n) is 2.15. The molecule has 58 valence electrons. The highest BCUT2D eigenvalue weighted by Gasteiger charge is 1.85. The minimum absolute atomic E-state index is 0.552. The maximum absolute atomic E-state index is 5.49. The van der Waals surface area contributed by atoms with Gasteiger partial charge in [-0.1, -0.05) is 24.3 Å². The summed E-state index contributed by atoms with van der Waals surface area (Å²) in [5.41, 5.74) is 1.14. The van der Waals surface area contributed by atoms with E-state index in [1.807, 2.05) is 36.4 Å². The summed E-state index contributed by atoms with van der Waals surface area (Å²) in [4.78, 5) is 0.974. The smallest absolute Gasteiger partial charge is 0.0407 e. The molecule has 0 N–H and O–H groups in total. The Labute approximate surface area is 77.3 Å². The number of benzene rings is 1. The van der Waals surface area contributed by atoms with Gasteiger partial charge in [0.1, 0.15) is 0 Å². The van der Waals surface area contributed by atoms with Crippen LogP contribution < -0.4 is 0 Å². The Morgan fingerprint density at radius 2 is 2.27 bits per heavy atom. The Morgan fingerprint density at radius 1 is 1.45 bits per heavy atom. The van der Waals surface area contributed by atoms with Crippen molar-refractivity contribution < 1.29 is 0 Å². The molecule has 0 radical (unpaired) electrons. The van der Waals surface area contributed by atoms with Crippen molar-refractivity contribution in [3.05, 3.63) is 35.9 Å². The number of thiol groups is 1. The van der Waals surface area contributed by atoms with E-state index in [-0.39, 0.29) is 0 Å². The third-order valence-corrected chi connectivity index (χ3v) is 1.73. The fraction of sp³-hybridized carbons (Fsp3) is 0.111. The van der Waals surface area contributed by atoms with Gasteiger partial charge in [0.25, 0.3) is 0 Å². The normalized spacial score (nSPS) is 10.7. The molecule has 0 aliphatic carbocycles. The fourth-order valence-corrected chi connectivity index (χ4v) is 1.13. The van der Waals surface area contributed by atoms with Crippen LogP contribution in [-0.2, 0) is 0 Å². The molecule has 0 atom stereocenters. The number of halogens is 1. The second-order valence-corrected chi connectivity index (χ2v) is 2.98. The van der Waals surface area contributed by atoms with Crippen molar-refractivity contribution in [2.45, 2.75) is 4.90 Å². The lowest BCUT2D eigenvalue weighted by Crippen LogP contribution is -1.71. The van der Waals surface area contributed by atoms with Gasteiger partial charge in [-0.25, -0.2) is 0 Å². The van der Waals surface area contributed by atoms with Crippen molar-refractivity contribution in [3.63, 3.8) is 0 Å². The van der Waals surface area contributed by atoms with E-state index in [1.54, 1.807) is 0 Å². The molecule has 0 saturated carbocycles. The van der Waals surface area contributed by atoms with Crippen LogP contribution in [0, 0.1) is 0 Å². The van der Waals surface area contributed by atoms with Gasteiger partial charge in [0.2, 0.25) is 0 Å². The molecule has 0 spiro atoms. The summed E-state index contributed by atoms with van der Waals surface area (Å²) in [7, 11) is 0. The summed E-state index contributed by atoms with van der Waals surface area (Å²) in [5.74, 6) is 0.552. The largest absolute Gasteiger partial charge is 0.143 e. The molecular formula is C9H9ClS. The van der Waals surface area contributed by atoms with E-state index in [0.717, 1.165) is 10.5 Å². The van der Waals surface area contributed by atoms with E-state index in [2.05, 4.69) is 12.6 Å². The molecule has 0 amide bonds. The monoisotopic (exact) mass is 184 g/mol. The molecule has 0 saturated heterocycles. The first-order valence-electron chi connectivity index (χ1n) is 3.34. The Kier molecular flexibility index (Phi) is 3.53. The maximum atomic E-state index is 5.49. The van der Waals surface area contributed by atoms with Gasteiger partial charge in [-0.2, -0.15) is 0 Å². The third kappa shape index (κ3) is 3.00. The lowest BCUT2D eigenvalue weighted by atomic mass is 10.2. The van der Waals surface area contributed by atoms with Crippen molar-refractivity contribution in [2.75, 3.05) is 5.88 Å². The molecule has 0 unspecified atom stereocenters. The highest BCUT2D eigenvalue weighted by Crippen LogP contribution is 2.09. The van der Waals surface area contributed by atoms with E-state index in [9.17, 15) is 0 Å². The minimum atomic E-state index is 0.552. The van der Waals surface area contributed by atoms with Crippen LogP contribution in [0.25, 0.3) is 6.08 Å². The average molecular weight is 185 g/mol. The molecular weight excluding hydrogens is 176 g/mol. The highest BCUT2D eigenvalue weighted by atomic mass is 35.5. The van der Waals surface area contributed by atoms with Crippen LogP contribution in [0.4, 0.5) is 0 Å². The SMILES string of the molecule is Sc1cccc(C=CCCl)c1. The van der Waals surface area contributed by atoms with Crippen LogP contribution >= 0.6 is 24.2 Å². The summed E-state index contributed by atoms with van der Waals surface area (Å²) >= 11 is 9.69. The van der Waals surface area contributed by atoms with Crippen molar-refractivity contribution in [1.29, 1.82) is 0 Å². The Balaban J connectivity index is 2.79. The van der Waals surface area contributed by atoms with Crippen molar-refractivity contribution in [3.8, 4) is 0 Å². The molecule has 1 aromatic rings. The molecule has 0 aliphatic heterocycles. The van der Waals surface area contributed by atoms with E-state index >= 15 is 0 Å². The zero-order chi connectivity index (χ0) is 8.10. The first-order valence-corrected chi connectivity index (χ1v) is 4.32. The van der Waals surface area contributed by atoms with Crippen LogP contribution in [0.3, 0.4) is 0 Å². The summed E-state index contributed by atoms with van der Waals surface area (Å²) in [6.45, 7) is 0.